The Balaban J connectivity index is 2.09. The van der Waals surface area contributed by atoms with Gasteiger partial charge in [0.05, 0.1) is 22.2 Å². The Morgan fingerprint density at radius 1 is 1.27 bits per heavy atom. The second-order valence-electron chi connectivity index (χ2n) is 5.13. The Kier molecular flexibility index (Phi) is 7.13. The van der Waals surface area contributed by atoms with Crippen molar-refractivity contribution in [1.29, 1.82) is 0 Å². The maximum Gasteiger partial charge on any atom is 0.270 e. The molecule has 0 heterocycles. The molecule has 0 fully saturated rings. The van der Waals surface area contributed by atoms with Gasteiger partial charge >= 0.3 is 0 Å². The van der Waals surface area contributed by atoms with Gasteiger partial charge in [0, 0.05) is 25.3 Å². The first-order valence-electron chi connectivity index (χ1n) is 7.65. The number of carbonyl (C=O) groups is 1. The fourth-order valence-corrected chi connectivity index (χ4v) is 2.30. The van der Waals surface area contributed by atoms with Crippen LogP contribution in [0.1, 0.15) is 5.56 Å². The number of nitro benzene ring substituents is 1. The minimum atomic E-state index is -0.493. The maximum atomic E-state index is 12.1. The number of halogens is 1. The molecule has 0 aliphatic heterocycles. The number of anilines is 1. The van der Waals surface area contributed by atoms with Gasteiger partial charge in [0.15, 0.2) is 5.75 Å². The number of non-ortho nitro benzene ring substituents is 1. The molecule has 0 radical (unpaired) electrons. The Morgan fingerprint density at radius 3 is 2.77 bits per heavy atom. The van der Waals surface area contributed by atoms with E-state index in [9.17, 15) is 14.9 Å². The zero-order valence-electron chi connectivity index (χ0n) is 14.0. The molecule has 0 atom stereocenters. The summed E-state index contributed by atoms with van der Waals surface area (Å²) in [7, 11) is 1.55. The number of rotatable bonds is 8. The Labute approximate surface area is 155 Å². The third kappa shape index (κ3) is 5.58. The molecular weight excluding hydrogens is 360 g/mol. The smallest absolute Gasteiger partial charge is 0.270 e. The molecule has 136 valence electrons. The van der Waals surface area contributed by atoms with Crippen molar-refractivity contribution in [3.05, 3.63) is 69.2 Å². The van der Waals surface area contributed by atoms with Crippen LogP contribution in [0.4, 0.5) is 11.4 Å². The van der Waals surface area contributed by atoms with Gasteiger partial charge in [-0.3, -0.25) is 14.9 Å². The fraction of sp³-hybridized carbons (Fsp3) is 0.167. The molecule has 0 spiro atoms. The number of nitrogens with one attached hydrogen (secondary N) is 1. The van der Waals surface area contributed by atoms with Crippen LogP contribution in [0, 0.1) is 10.1 Å². The van der Waals surface area contributed by atoms with Crippen molar-refractivity contribution in [1.82, 2.24) is 0 Å². The van der Waals surface area contributed by atoms with Crippen molar-refractivity contribution in [3.8, 4) is 5.75 Å². The van der Waals surface area contributed by atoms with Crippen LogP contribution in [0.5, 0.6) is 5.75 Å². The number of nitrogens with zero attached hydrogens (tertiary/aromatic N) is 1. The zero-order valence-corrected chi connectivity index (χ0v) is 14.7. The van der Waals surface area contributed by atoms with Crippen molar-refractivity contribution < 1.29 is 19.2 Å². The van der Waals surface area contributed by atoms with Crippen LogP contribution in [-0.2, 0) is 9.53 Å². The normalized spacial score (nSPS) is 10.7. The topological polar surface area (TPSA) is 90.7 Å². The van der Waals surface area contributed by atoms with Gasteiger partial charge < -0.3 is 14.8 Å². The molecule has 0 bridgehead atoms. The summed E-state index contributed by atoms with van der Waals surface area (Å²) in [5.41, 5.74) is 0.913. The van der Waals surface area contributed by atoms with E-state index in [-0.39, 0.29) is 12.3 Å². The van der Waals surface area contributed by atoms with E-state index in [4.69, 9.17) is 21.1 Å². The van der Waals surface area contributed by atoms with Gasteiger partial charge in [-0.25, -0.2) is 0 Å². The summed E-state index contributed by atoms with van der Waals surface area (Å²) in [4.78, 5) is 22.4. The predicted octanol–water partition coefficient (Wildman–Crippen LogP) is 3.93. The number of hydrogen-bond donors (Lipinski definition) is 1. The SMILES string of the molecule is COCCOc1c(Cl)cccc1NC(=O)/C=C/c1cccc([N+](=O)[O-])c1. The average Bonchev–Trinajstić information content (AvgIpc) is 2.62. The summed E-state index contributed by atoms with van der Waals surface area (Å²) in [6.45, 7) is 0.665. The maximum absolute atomic E-state index is 12.1. The number of ether oxygens (including phenoxy) is 2. The first kappa shape index (κ1) is 19.4. The van der Waals surface area contributed by atoms with Gasteiger partial charge in [0.25, 0.3) is 5.69 Å². The van der Waals surface area contributed by atoms with Crippen LogP contribution >= 0.6 is 11.6 Å². The highest BCUT2D eigenvalue weighted by Gasteiger charge is 2.10. The van der Waals surface area contributed by atoms with E-state index in [1.54, 1.807) is 37.4 Å². The highest BCUT2D eigenvalue weighted by Crippen LogP contribution is 2.32. The van der Waals surface area contributed by atoms with Crippen LogP contribution in [0.3, 0.4) is 0 Å². The number of hydrogen-bond acceptors (Lipinski definition) is 5. The van der Waals surface area contributed by atoms with Crippen LogP contribution in [0.2, 0.25) is 5.02 Å². The molecule has 0 aromatic heterocycles. The molecule has 2 aromatic rings. The van der Waals surface area contributed by atoms with Crippen molar-refractivity contribution in [2.24, 2.45) is 0 Å². The second-order valence-corrected chi connectivity index (χ2v) is 5.54. The number of carbonyl (C=O) groups excluding carboxylic acids is 1. The number of benzene rings is 2. The summed E-state index contributed by atoms with van der Waals surface area (Å²) in [6.07, 6.45) is 2.76. The Hall–Kier alpha value is -2.90. The van der Waals surface area contributed by atoms with E-state index in [0.717, 1.165) is 0 Å². The average molecular weight is 377 g/mol. The van der Waals surface area contributed by atoms with Crippen molar-refractivity contribution in [3.63, 3.8) is 0 Å². The molecule has 0 saturated heterocycles. The van der Waals surface area contributed by atoms with E-state index in [1.807, 2.05) is 0 Å². The lowest BCUT2D eigenvalue weighted by Gasteiger charge is -2.13. The largest absolute Gasteiger partial charge is 0.487 e. The lowest BCUT2D eigenvalue weighted by atomic mass is 10.2. The van der Waals surface area contributed by atoms with Crippen LogP contribution < -0.4 is 10.1 Å². The molecule has 0 saturated carbocycles. The first-order valence-corrected chi connectivity index (χ1v) is 8.03. The second kappa shape index (κ2) is 9.55. The van der Waals surface area contributed by atoms with Crippen molar-refractivity contribution in [2.75, 3.05) is 25.6 Å². The lowest BCUT2D eigenvalue weighted by molar-refractivity contribution is -0.384. The quantitative estimate of drug-likeness (QED) is 0.326. The molecule has 26 heavy (non-hydrogen) atoms. The molecule has 0 aliphatic carbocycles. The monoisotopic (exact) mass is 376 g/mol. The summed E-state index contributed by atoms with van der Waals surface area (Å²) in [5.74, 6) is -0.0707. The minimum absolute atomic E-state index is 0.0452. The van der Waals surface area contributed by atoms with Crippen LogP contribution in [0.25, 0.3) is 6.08 Å². The van der Waals surface area contributed by atoms with Gasteiger partial charge in [0.1, 0.15) is 6.61 Å². The summed E-state index contributed by atoms with van der Waals surface area (Å²) >= 11 is 6.11. The summed E-state index contributed by atoms with van der Waals surface area (Å²) in [6, 6.07) is 11.0. The molecule has 8 heteroatoms. The van der Waals surface area contributed by atoms with Crippen LogP contribution in [0.15, 0.2) is 48.5 Å². The van der Waals surface area contributed by atoms with Gasteiger partial charge in [-0.05, 0) is 23.8 Å². The summed E-state index contributed by atoms with van der Waals surface area (Å²) in [5, 5.41) is 13.8. The van der Waals surface area contributed by atoms with E-state index >= 15 is 0 Å². The van der Waals surface area contributed by atoms with Crippen LogP contribution in [-0.4, -0.2) is 31.2 Å². The number of amides is 1. The summed E-state index contributed by atoms with van der Waals surface area (Å²) < 4.78 is 10.5. The molecule has 1 amide bonds. The van der Waals surface area contributed by atoms with E-state index in [2.05, 4.69) is 5.32 Å². The highest BCUT2D eigenvalue weighted by atomic mass is 35.5. The number of methoxy groups -OCH3 is 1. The van der Waals surface area contributed by atoms with Gasteiger partial charge in [-0.2, -0.15) is 0 Å². The van der Waals surface area contributed by atoms with E-state index in [1.165, 1.54) is 24.3 Å². The molecule has 1 N–H and O–H groups in total. The van der Waals surface area contributed by atoms with Gasteiger partial charge in [-0.1, -0.05) is 29.8 Å². The molecule has 2 rings (SSSR count). The molecule has 0 unspecified atom stereocenters. The molecule has 0 aliphatic rings. The highest BCUT2D eigenvalue weighted by molar-refractivity contribution is 6.32. The molecular formula is C18H17ClN2O5. The van der Waals surface area contributed by atoms with E-state index < -0.39 is 10.8 Å². The molecule has 7 nitrogen and oxygen atoms in total. The first-order chi connectivity index (χ1) is 12.5. The zero-order chi connectivity index (χ0) is 18.9. The minimum Gasteiger partial charge on any atom is -0.487 e. The van der Waals surface area contributed by atoms with Crippen molar-refractivity contribution >= 4 is 35.0 Å². The van der Waals surface area contributed by atoms with Gasteiger partial charge in [-0.15, -0.1) is 0 Å². The number of para-hydroxylation sites is 1. The van der Waals surface area contributed by atoms with Gasteiger partial charge in [0.2, 0.25) is 5.91 Å². The van der Waals surface area contributed by atoms with Crippen molar-refractivity contribution in [2.45, 2.75) is 0 Å². The third-order valence-corrected chi connectivity index (χ3v) is 3.56. The standard InChI is InChI=1S/C18H17ClN2O5/c1-25-10-11-26-18-15(19)6-3-7-16(18)20-17(22)9-8-13-4-2-5-14(12-13)21(23)24/h2-9,12H,10-11H2,1H3,(H,20,22)/b9-8+. The fourth-order valence-electron chi connectivity index (χ4n) is 2.07. The predicted molar refractivity (Wildman–Crippen MR) is 99.6 cm³/mol. The third-order valence-electron chi connectivity index (χ3n) is 3.27. The molecule has 2 aromatic carbocycles. The lowest BCUT2D eigenvalue weighted by Crippen LogP contribution is -2.11. The number of nitro groups is 1. The van der Waals surface area contributed by atoms with E-state index in [0.29, 0.717) is 28.6 Å². The Morgan fingerprint density at radius 2 is 2.04 bits per heavy atom. The Bertz CT molecular complexity index is 823.